The van der Waals surface area contributed by atoms with E-state index in [1.54, 1.807) is 23.6 Å². The van der Waals surface area contributed by atoms with Gasteiger partial charge in [0.15, 0.2) is 17.3 Å². The predicted octanol–water partition coefficient (Wildman–Crippen LogP) is 0.203. The summed E-state index contributed by atoms with van der Waals surface area (Å²) in [6.45, 7) is 11.9. The molecule has 3 rings (SSSR count). The van der Waals surface area contributed by atoms with Gasteiger partial charge in [0.1, 0.15) is 17.6 Å². The van der Waals surface area contributed by atoms with Gasteiger partial charge in [-0.05, 0) is 64.2 Å². The molecule has 19 heteroatoms. The number of amides is 6. The second kappa shape index (κ2) is 25.5. The van der Waals surface area contributed by atoms with Crippen LogP contribution in [0.25, 0.3) is 0 Å². The minimum Gasteiger partial charge on any atom is -0.392 e. The lowest BCUT2D eigenvalue weighted by Crippen LogP contribution is -2.52. The average molecular weight is 902 g/mol. The van der Waals surface area contributed by atoms with Gasteiger partial charge in [0, 0.05) is 83.5 Å². The van der Waals surface area contributed by atoms with Crippen LogP contribution < -0.4 is 27.0 Å². The number of primary amides is 1. The molecule has 7 N–H and O–H groups in total. The maximum Gasteiger partial charge on any atom is 0.245 e. The third-order valence-electron chi connectivity index (χ3n) is 12.2. The number of carbonyl (C=O) groups excluding carboxylic acids is 11. The summed E-state index contributed by atoms with van der Waals surface area (Å²) in [7, 11) is 0. The van der Waals surface area contributed by atoms with E-state index in [0.29, 0.717) is 32.5 Å². The fraction of sp³-hybridized carbons (Fsp3) is 0.756. The van der Waals surface area contributed by atoms with Crippen LogP contribution in [-0.2, 0) is 52.7 Å². The first kappa shape index (κ1) is 53.4. The normalized spacial score (nSPS) is 20.7. The van der Waals surface area contributed by atoms with E-state index in [1.807, 2.05) is 13.8 Å². The SMILES string of the molecule is CC(=O)C[C@H](CC(=O)[C@H](CCC(N)=O)NC(=O)CCC(=O)[C@@H]1C[C@@H](O)CN1)C(=O)N[C@H](C(=O)C[C@@H](CC(C)C)C(=O)N[C@@H](C)C(=O)CCC(=O)N1CCC[C@H]1C(=O)N1CCC1)C(C)C. The molecule has 0 saturated carbocycles. The van der Waals surface area contributed by atoms with E-state index in [2.05, 4.69) is 21.3 Å². The van der Waals surface area contributed by atoms with Crippen LogP contribution in [0, 0.1) is 23.7 Å². The number of nitrogens with one attached hydrogen (secondary N) is 4. The predicted molar refractivity (Wildman–Crippen MR) is 233 cm³/mol. The molecule has 8 atom stereocenters. The van der Waals surface area contributed by atoms with Gasteiger partial charge in [-0.2, -0.15) is 0 Å². The third kappa shape index (κ3) is 16.9. The zero-order valence-electron chi connectivity index (χ0n) is 38.4. The first-order chi connectivity index (χ1) is 30.1. The van der Waals surface area contributed by atoms with Crippen molar-refractivity contribution in [2.45, 2.75) is 168 Å². The quantitative estimate of drug-likeness (QED) is 0.0613. The van der Waals surface area contributed by atoms with Crippen LogP contribution >= 0.6 is 0 Å². The Morgan fingerprint density at radius 1 is 0.734 bits per heavy atom. The minimum atomic E-state index is -1.28. The number of rotatable bonds is 28. The molecule has 0 bridgehead atoms. The zero-order chi connectivity index (χ0) is 47.8. The molecular weight excluding hydrogens is 831 g/mol. The number of carbonyl (C=O) groups is 11. The lowest BCUT2D eigenvalue weighted by Gasteiger charge is -2.35. The molecule has 3 aliphatic rings. The number of likely N-dealkylation sites (tertiary alicyclic amines) is 2. The van der Waals surface area contributed by atoms with E-state index in [-0.39, 0.29) is 100 Å². The van der Waals surface area contributed by atoms with Crippen molar-refractivity contribution in [3.8, 4) is 0 Å². The topological polar surface area (TPSA) is 289 Å². The van der Waals surface area contributed by atoms with Crippen molar-refractivity contribution in [3.63, 3.8) is 0 Å². The van der Waals surface area contributed by atoms with Gasteiger partial charge in [-0.3, -0.25) is 47.9 Å². The summed E-state index contributed by atoms with van der Waals surface area (Å²) < 4.78 is 0. The summed E-state index contributed by atoms with van der Waals surface area (Å²) in [6.07, 6.45) is -0.388. The van der Waals surface area contributed by atoms with Gasteiger partial charge < -0.3 is 46.7 Å². The van der Waals surface area contributed by atoms with Gasteiger partial charge in [0.25, 0.3) is 0 Å². The van der Waals surface area contributed by atoms with Crippen LogP contribution in [0.3, 0.4) is 0 Å². The molecule has 64 heavy (non-hydrogen) atoms. The Morgan fingerprint density at radius 3 is 1.95 bits per heavy atom. The first-order valence-electron chi connectivity index (χ1n) is 22.9. The molecule has 0 aromatic carbocycles. The number of ketones is 5. The largest absolute Gasteiger partial charge is 0.392 e. The van der Waals surface area contributed by atoms with E-state index < -0.39 is 101 Å². The maximum absolute atomic E-state index is 13.9. The van der Waals surface area contributed by atoms with Crippen molar-refractivity contribution in [2.24, 2.45) is 29.4 Å². The van der Waals surface area contributed by atoms with Crippen molar-refractivity contribution in [2.75, 3.05) is 26.2 Å². The number of hydrogen-bond donors (Lipinski definition) is 6. The van der Waals surface area contributed by atoms with Crippen molar-refractivity contribution < 1.29 is 57.8 Å². The summed E-state index contributed by atoms with van der Waals surface area (Å²) in [5.41, 5.74) is 5.32. The van der Waals surface area contributed by atoms with Crippen LogP contribution in [0.1, 0.15) is 131 Å². The number of aliphatic hydroxyl groups is 1. The zero-order valence-corrected chi connectivity index (χ0v) is 38.4. The number of Topliss-reactive ketones (excluding diaryl/α,β-unsaturated/α-hetero) is 5. The van der Waals surface area contributed by atoms with E-state index >= 15 is 0 Å². The Balaban J connectivity index is 1.63. The average Bonchev–Trinajstić information content (AvgIpc) is 3.87. The van der Waals surface area contributed by atoms with E-state index in [9.17, 15) is 57.8 Å². The lowest BCUT2D eigenvalue weighted by molar-refractivity contribution is -0.146. The second-order valence-electron chi connectivity index (χ2n) is 18.6. The molecule has 0 radical (unpaired) electrons. The molecule has 358 valence electrons. The van der Waals surface area contributed by atoms with Crippen LogP contribution in [0.5, 0.6) is 0 Å². The van der Waals surface area contributed by atoms with Crippen LogP contribution in [0.15, 0.2) is 0 Å². The van der Waals surface area contributed by atoms with E-state index in [0.717, 1.165) is 6.42 Å². The number of nitrogens with zero attached hydrogens (tertiary/aromatic N) is 2. The van der Waals surface area contributed by atoms with Gasteiger partial charge >= 0.3 is 0 Å². The van der Waals surface area contributed by atoms with Crippen LogP contribution in [0.4, 0.5) is 0 Å². The maximum atomic E-state index is 13.9. The molecule has 3 heterocycles. The van der Waals surface area contributed by atoms with Crippen molar-refractivity contribution in [3.05, 3.63) is 0 Å². The summed E-state index contributed by atoms with van der Waals surface area (Å²) in [5.74, 6) is -8.04. The fourth-order valence-corrected chi connectivity index (χ4v) is 8.41. The summed E-state index contributed by atoms with van der Waals surface area (Å²) in [4.78, 5) is 147. The van der Waals surface area contributed by atoms with E-state index in [1.165, 1.54) is 13.8 Å². The third-order valence-corrected chi connectivity index (χ3v) is 12.2. The number of nitrogens with two attached hydrogens (primary N) is 1. The number of aliphatic hydroxyl groups excluding tert-OH is 1. The highest BCUT2D eigenvalue weighted by Crippen LogP contribution is 2.24. The standard InChI is InChI=1S/C45H71N7O12/c1-25(2)19-29(43(62)48-28(6)35(55)12-15-41(61)52-18-7-9-34(52)45(64)51-16-8-17-51)22-38(58)42(26(3)4)50-44(63)30(20-27(5)53)21-37(57)32(10-13-39(46)59)49-40(60)14-11-36(56)33-23-31(54)24-47-33/h25-26,28-34,42,47,54H,7-24H2,1-6H3,(H2,46,59)(H,48,62)(H,49,60)(H,50,63)/t28-,29+,30+,31+,32-,33-,34-,42-/m0/s1. The van der Waals surface area contributed by atoms with Gasteiger partial charge in [-0.25, -0.2) is 0 Å². The summed E-state index contributed by atoms with van der Waals surface area (Å²) in [6, 6.07) is -4.51. The van der Waals surface area contributed by atoms with Gasteiger partial charge in [0.05, 0.1) is 36.2 Å². The Hall–Kier alpha value is -4.91. The molecule has 0 spiro atoms. The highest BCUT2D eigenvalue weighted by Gasteiger charge is 2.39. The molecule has 3 saturated heterocycles. The van der Waals surface area contributed by atoms with Crippen molar-refractivity contribution in [1.29, 1.82) is 0 Å². The lowest BCUT2D eigenvalue weighted by atomic mass is 9.86. The minimum absolute atomic E-state index is 0.0422. The highest BCUT2D eigenvalue weighted by molar-refractivity contribution is 5.98. The molecule has 3 fully saturated rings. The molecule has 0 aromatic rings. The Kier molecular flexibility index (Phi) is 21.3. The van der Waals surface area contributed by atoms with Gasteiger partial charge in [0.2, 0.25) is 35.4 Å². The van der Waals surface area contributed by atoms with E-state index in [4.69, 9.17) is 5.73 Å². The molecular formula is C45H71N7O12. The highest BCUT2D eigenvalue weighted by atomic mass is 16.3. The fourth-order valence-electron chi connectivity index (χ4n) is 8.41. The molecule has 0 unspecified atom stereocenters. The molecule has 6 amide bonds. The Bertz CT molecular complexity index is 1750. The second-order valence-corrected chi connectivity index (χ2v) is 18.6. The summed E-state index contributed by atoms with van der Waals surface area (Å²) in [5, 5.41) is 20.5. The Morgan fingerprint density at radius 2 is 1.39 bits per heavy atom. The Labute approximate surface area is 375 Å². The summed E-state index contributed by atoms with van der Waals surface area (Å²) >= 11 is 0. The van der Waals surface area contributed by atoms with Gasteiger partial charge in [-0.1, -0.05) is 27.7 Å². The van der Waals surface area contributed by atoms with Crippen molar-refractivity contribution >= 4 is 64.4 Å². The number of hydrogen-bond acceptors (Lipinski definition) is 13. The molecule has 3 aliphatic heterocycles. The smallest absolute Gasteiger partial charge is 0.245 e. The van der Waals surface area contributed by atoms with Crippen LogP contribution in [-0.4, -0.2) is 142 Å². The molecule has 0 aromatic heterocycles. The first-order valence-corrected chi connectivity index (χ1v) is 22.9. The monoisotopic (exact) mass is 902 g/mol. The number of β-amino-alcohol motifs (C(OH)–C–C–N with tert-alkyl or cyclic N) is 1. The van der Waals surface area contributed by atoms with Crippen LogP contribution in [0.2, 0.25) is 0 Å². The molecule has 0 aliphatic carbocycles. The van der Waals surface area contributed by atoms with Crippen molar-refractivity contribution in [1.82, 2.24) is 31.1 Å². The molecule has 19 nitrogen and oxygen atoms in total. The van der Waals surface area contributed by atoms with Gasteiger partial charge in [-0.15, -0.1) is 0 Å².